The Morgan fingerprint density at radius 2 is 0.783 bits per heavy atom. The quantitative estimate of drug-likeness (QED) is 0.0547. The van der Waals surface area contributed by atoms with E-state index in [1.807, 2.05) is 14.1 Å². The van der Waals surface area contributed by atoms with Crippen molar-refractivity contribution in [3.63, 3.8) is 0 Å². The minimum atomic E-state index is -0.654. The fourth-order valence-corrected chi connectivity index (χ4v) is 6.06. The van der Waals surface area contributed by atoms with Crippen LogP contribution in [0.1, 0.15) is 221 Å². The van der Waals surface area contributed by atoms with Crippen LogP contribution < -0.4 is 5.32 Å². The second kappa shape index (κ2) is 36.7. The highest BCUT2D eigenvalue weighted by Crippen LogP contribution is 2.16. The molecule has 5 nitrogen and oxygen atoms in total. The monoisotopic (exact) mass is 653 g/mol. The highest BCUT2D eigenvalue weighted by molar-refractivity contribution is 5.76. The largest absolute Gasteiger partial charge is 0.481 e. The van der Waals surface area contributed by atoms with Crippen molar-refractivity contribution in [3.8, 4) is 0 Å². The van der Waals surface area contributed by atoms with Gasteiger partial charge in [-0.3, -0.25) is 14.5 Å². The van der Waals surface area contributed by atoms with Crippen LogP contribution in [0.15, 0.2) is 0 Å². The molecule has 0 aromatic rings. The molecule has 1 amide bonds. The maximum atomic E-state index is 11.9. The van der Waals surface area contributed by atoms with E-state index < -0.39 is 5.97 Å². The Balaban J connectivity index is 0. The lowest BCUT2D eigenvalue weighted by Gasteiger charge is -2.23. The molecule has 2 N–H and O–H groups in total. The van der Waals surface area contributed by atoms with Crippen LogP contribution in [0.2, 0.25) is 0 Å². The Hall–Kier alpha value is -1.10. The molecule has 0 spiro atoms. The first kappa shape index (κ1) is 47.0. The van der Waals surface area contributed by atoms with Gasteiger partial charge in [0.15, 0.2) is 0 Å². The maximum Gasteiger partial charge on any atom is 0.303 e. The van der Waals surface area contributed by atoms with Gasteiger partial charge in [0.2, 0.25) is 5.91 Å². The lowest BCUT2D eigenvalue weighted by atomic mass is 10.0. The van der Waals surface area contributed by atoms with Gasteiger partial charge in [0, 0.05) is 12.8 Å². The molecule has 0 bridgehead atoms. The summed E-state index contributed by atoms with van der Waals surface area (Å²) in [7, 11) is 4.03. The van der Waals surface area contributed by atoms with E-state index in [0.29, 0.717) is 12.8 Å². The average molecular weight is 653 g/mol. The third kappa shape index (κ3) is 40.9. The average Bonchev–Trinajstić information content (AvgIpc) is 2.99. The molecule has 1 atom stereocenters. The predicted octanol–water partition coefficient (Wildman–Crippen LogP) is 12.7. The number of amides is 1. The molecule has 0 aliphatic rings. The summed E-state index contributed by atoms with van der Waals surface area (Å²) in [5.41, 5.74) is 0. The standard InChI is InChI=1S/C23H48N2O.C18H36O2/c1-6-22(25(4)5)24-23(26)20-18-16-14-12-10-8-7-9-11-13-15-17-19-21(2)3;1-17(2)15-13-11-9-7-5-3-4-6-8-10-12-14-16-18(19)20/h21-22H,6-20H2,1-5H3,(H,24,26);17H,3-16H2,1-2H3,(H,19,20). The summed E-state index contributed by atoms with van der Waals surface area (Å²) >= 11 is 0. The minimum Gasteiger partial charge on any atom is -0.481 e. The lowest BCUT2D eigenvalue weighted by Crippen LogP contribution is -2.44. The molecule has 276 valence electrons. The van der Waals surface area contributed by atoms with Gasteiger partial charge < -0.3 is 10.4 Å². The lowest BCUT2D eigenvalue weighted by molar-refractivity contribution is -0.137. The first-order chi connectivity index (χ1) is 22.1. The summed E-state index contributed by atoms with van der Waals surface area (Å²) in [6.07, 6.45) is 36.7. The third-order valence-corrected chi connectivity index (χ3v) is 9.20. The van der Waals surface area contributed by atoms with Crippen LogP contribution in [0.25, 0.3) is 0 Å². The second-order valence-electron chi connectivity index (χ2n) is 15.2. The molecule has 0 heterocycles. The van der Waals surface area contributed by atoms with Gasteiger partial charge in [-0.25, -0.2) is 0 Å². The van der Waals surface area contributed by atoms with E-state index in [4.69, 9.17) is 5.11 Å². The summed E-state index contributed by atoms with van der Waals surface area (Å²) in [5.74, 6) is 1.29. The molecule has 0 rings (SSSR count). The maximum absolute atomic E-state index is 11.9. The van der Waals surface area contributed by atoms with Gasteiger partial charge in [-0.2, -0.15) is 0 Å². The number of rotatable bonds is 33. The summed E-state index contributed by atoms with van der Waals surface area (Å²) in [5, 5.41) is 11.6. The van der Waals surface area contributed by atoms with Crippen molar-refractivity contribution < 1.29 is 14.7 Å². The number of carbonyl (C=O) groups is 2. The van der Waals surface area contributed by atoms with Crippen molar-refractivity contribution in [1.29, 1.82) is 0 Å². The van der Waals surface area contributed by atoms with E-state index in [9.17, 15) is 9.59 Å². The molecule has 0 aromatic heterocycles. The highest BCUT2D eigenvalue weighted by Gasteiger charge is 2.11. The summed E-state index contributed by atoms with van der Waals surface area (Å²) in [4.78, 5) is 24.3. The van der Waals surface area contributed by atoms with E-state index in [1.165, 1.54) is 148 Å². The van der Waals surface area contributed by atoms with Gasteiger partial charge in [-0.05, 0) is 45.2 Å². The van der Waals surface area contributed by atoms with Crippen LogP contribution in [0.3, 0.4) is 0 Å². The number of unbranched alkanes of at least 4 members (excludes halogenated alkanes) is 22. The summed E-state index contributed by atoms with van der Waals surface area (Å²) in [6, 6.07) is 0. The fourth-order valence-electron chi connectivity index (χ4n) is 6.06. The van der Waals surface area contributed by atoms with Crippen molar-refractivity contribution >= 4 is 11.9 Å². The van der Waals surface area contributed by atoms with Crippen molar-refractivity contribution in [2.45, 2.75) is 227 Å². The van der Waals surface area contributed by atoms with Crippen LogP contribution in [-0.4, -0.2) is 42.1 Å². The zero-order chi connectivity index (χ0) is 34.7. The van der Waals surface area contributed by atoms with E-state index in [2.05, 4.69) is 44.8 Å². The minimum absolute atomic E-state index is 0.178. The number of carboxylic acid groups (broad SMARTS) is 1. The molecular formula is C41H84N2O3. The molecule has 0 aromatic carbocycles. The Bertz CT molecular complexity index is 635. The van der Waals surface area contributed by atoms with Crippen LogP contribution in [0.4, 0.5) is 0 Å². The van der Waals surface area contributed by atoms with Gasteiger partial charge in [-0.1, -0.05) is 189 Å². The number of aliphatic carboxylic acids is 1. The topological polar surface area (TPSA) is 69.6 Å². The smallest absolute Gasteiger partial charge is 0.303 e. The van der Waals surface area contributed by atoms with Gasteiger partial charge >= 0.3 is 5.97 Å². The van der Waals surface area contributed by atoms with Crippen LogP contribution >= 0.6 is 0 Å². The van der Waals surface area contributed by atoms with Gasteiger partial charge in [-0.15, -0.1) is 0 Å². The zero-order valence-electron chi connectivity index (χ0n) is 32.4. The molecule has 5 heteroatoms. The second-order valence-corrected chi connectivity index (χ2v) is 15.2. The first-order valence-corrected chi connectivity index (χ1v) is 20.3. The first-order valence-electron chi connectivity index (χ1n) is 20.3. The number of nitrogens with zero attached hydrogens (tertiary/aromatic N) is 1. The number of carbonyl (C=O) groups excluding carboxylic acids is 1. The Kier molecular flexibility index (Phi) is 37.5. The van der Waals surface area contributed by atoms with Crippen molar-refractivity contribution in [1.82, 2.24) is 10.2 Å². The molecular weight excluding hydrogens is 568 g/mol. The Morgan fingerprint density at radius 3 is 1.04 bits per heavy atom. The molecule has 46 heavy (non-hydrogen) atoms. The molecule has 0 radical (unpaired) electrons. The number of hydrogen-bond acceptors (Lipinski definition) is 3. The Labute approximate surface area is 289 Å². The molecule has 1 unspecified atom stereocenters. The van der Waals surface area contributed by atoms with E-state index in [0.717, 1.165) is 37.5 Å². The normalized spacial score (nSPS) is 12.0. The van der Waals surface area contributed by atoms with Crippen LogP contribution in [0, 0.1) is 11.8 Å². The van der Waals surface area contributed by atoms with Gasteiger partial charge in [0.1, 0.15) is 0 Å². The Morgan fingerprint density at radius 1 is 0.500 bits per heavy atom. The third-order valence-electron chi connectivity index (χ3n) is 9.20. The summed E-state index contributed by atoms with van der Waals surface area (Å²) in [6.45, 7) is 11.4. The predicted molar refractivity (Wildman–Crippen MR) is 202 cm³/mol. The number of hydrogen-bond donors (Lipinski definition) is 2. The van der Waals surface area contributed by atoms with Crippen LogP contribution in [0.5, 0.6) is 0 Å². The van der Waals surface area contributed by atoms with Gasteiger partial charge in [0.05, 0.1) is 6.17 Å². The van der Waals surface area contributed by atoms with Crippen LogP contribution in [-0.2, 0) is 9.59 Å². The van der Waals surface area contributed by atoms with Gasteiger partial charge in [0.25, 0.3) is 0 Å². The molecule has 0 saturated carbocycles. The van der Waals surface area contributed by atoms with E-state index in [1.54, 1.807) is 0 Å². The van der Waals surface area contributed by atoms with E-state index in [-0.39, 0.29) is 12.1 Å². The number of carboxylic acids is 1. The fraction of sp³-hybridized carbons (Fsp3) is 0.951. The highest BCUT2D eigenvalue weighted by atomic mass is 16.4. The molecule has 0 aliphatic heterocycles. The van der Waals surface area contributed by atoms with Crippen molar-refractivity contribution in [3.05, 3.63) is 0 Å². The van der Waals surface area contributed by atoms with Crippen molar-refractivity contribution in [2.75, 3.05) is 14.1 Å². The zero-order valence-corrected chi connectivity index (χ0v) is 32.4. The number of nitrogens with one attached hydrogen (secondary N) is 1. The van der Waals surface area contributed by atoms with E-state index >= 15 is 0 Å². The SMILES string of the molecule is CC(C)CCCCCCCCCCCCCCC(=O)O.CCC(NC(=O)CCCCCCCCCCCCCCC(C)C)N(C)C. The molecule has 0 aliphatic carbocycles. The molecule has 0 saturated heterocycles. The van der Waals surface area contributed by atoms with Crippen molar-refractivity contribution in [2.24, 2.45) is 11.8 Å². The molecule has 0 fully saturated rings. The summed E-state index contributed by atoms with van der Waals surface area (Å²) < 4.78 is 0.